The van der Waals surface area contributed by atoms with Gasteiger partial charge in [0.05, 0.1) is 12.2 Å². The summed E-state index contributed by atoms with van der Waals surface area (Å²) in [4.78, 5) is 18.1. The predicted molar refractivity (Wildman–Crippen MR) is 79.1 cm³/mol. The number of pyridine rings is 1. The Kier molecular flexibility index (Phi) is 3.97. The van der Waals surface area contributed by atoms with Gasteiger partial charge < -0.3 is 15.4 Å². The summed E-state index contributed by atoms with van der Waals surface area (Å²) in [6.45, 7) is 6.77. The lowest BCUT2D eigenvalue weighted by atomic mass is 10.1. The smallest absolute Gasteiger partial charge is 0.410 e. The van der Waals surface area contributed by atoms with E-state index < -0.39 is 5.60 Å². The van der Waals surface area contributed by atoms with Crippen LogP contribution in [0.25, 0.3) is 5.57 Å². The highest BCUT2D eigenvalue weighted by molar-refractivity contribution is 5.75. The first kappa shape index (κ1) is 14.4. The zero-order chi connectivity index (χ0) is 14.8. The van der Waals surface area contributed by atoms with Gasteiger partial charge in [0, 0.05) is 18.4 Å². The van der Waals surface area contributed by atoms with Crippen molar-refractivity contribution in [3.63, 3.8) is 0 Å². The van der Waals surface area contributed by atoms with Crippen molar-refractivity contribution >= 4 is 17.4 Å². The molecule has 1 amide bonds. The molecule has 1 aliphatic heterocycles. The van der Waals surface area contributed by atoms with Crippen molar-refractivity contribution in [1.29, 1.82) is 0 Å². The molecule has 5 heteroatoms. The molecule has 0 bridgehead atoms. The molecule has 0 unspecified atom stereocenters. The summed E-state index contributed by atoms with van der Waals surface area (Å²) in [6.07, 6.45) is 4.29. The monoisotopic (exact) mass is 275 g/mol. The minimum Gasteiger partial charge on any atom is -0.444 e. The molecule has 0 saturated heterocycles. The first-order valence-corrected chi connectivity index (χ1v) is 6.74. The summed E-state index contributed by atoms with van der Waals surface area (Å²) in [6, 6.07) is 3.57. The maximum atomic E-state index is 12.1. The Bertz CT molecular complexity index is 532. The third-order valence-electron chi connectivity index (χ3n) is 2.92. The van der Waals surface area contributed by atoms with Gasteiger partial charge in [-0.15, -0.1) is 0 Å². The molecule has 0 aliphatic carbocycles. The lowest BCUT2D eigenvalue weighted by Crippen LogP contribution is -2.39. The van der Waals surface area contributed by atoms with Crippen molar-refractivity contribution in [3.8, 4) is 0 Å². The van der Waals surface area contributed by atoms with E-state index in [1.54, 1.807) is 17.2 Å². The molecule has 2 rings (SSSR count). The maximum absolute atomic E-state index is 12.1. The summed E-state index contributed by atoms with van der Waals surface area (Å²) in [5, 5.41) is 0. The van der Waals surface area contributed by atoms with Gasteiger partial charge in [0.1, 0.15) is 5.60 Å². The van der Waals surface area contributed by atoms with Gasteiger partial charge in [0.25, 0.3) is 0 Å². The van der Waals surface area contributed by atoms with Crippen molar-refractivity contribution < 1.29 is 9.53 Å². The van der Waals surface area contributed by atoms with E-state index in [1.807, 2.05) is 26.8 Å². The molecule has 108 valence electrons. The molecule has 0 radical (unpaired) electrons. The van der Waals surface area contributed by atoms with Crippen LogP contribution in [-0.4, -0.2) is 34.7 Å². The Morgan fingerprint density at radius 2 is 2.20 bits per heavy atom. The number of amides is 1. The molecule has 0 atom stereocenters. The standard InChI is InChI=1S/C15H21N3O2/c1-15(2,3)20-14(19)18-8-4-5-11(10-18)13-9-12(16)6-7-17-13/h5-7,9H,4,8,10H2,1-3H3,(H2,16,17). The van der Waals surface area contributed by atoms with Crippen molar-refractivity contribution in [2.24, 2.45) is 0 Å². The second-order valence-corrected chi connectivity index (χ2v) is 5.89. The number of hydrogen-bond acceptors (Lipinski definition) is 4. The molecule has 20 heavy (non-hydrogen) atoms. The highest BCUT2D eigenvalue weighted by atomic mass is 16.6. The minimum atomic E-state index is -0.478. The fourth-order valence-corrected chi connectivity index (χ4v) is 2.03. The van der Waals surface area contributed by atoms with E-state index in [4.69, 9.17) is 10.5 Å². The van der Waals surface area contributed by atoms with Gasteiger partial charge >= 0.3 is 6.09 Å². The van der Waals surface area contributed by atoms with Crippen LogP contribution in [0.3, 0.4) is 0 Å². The van der Waals surface area contributed by atoms with E-state index in [0.29, 0.717) is 18.8 Å². The fourth-order valence-electron chi connectivity index (χ4n) is 2.03. The van der Waals surface area contributed by atoms with E-state index in [0.717, 1.165) is 17.7 Å². The molecule has 1 aromatic heterocycles. The normalized spacial score (nSPS) is 15.8. The first-order chi connectivity index (χ1) is 9.35. The van der Waals surface area contributed by atoms with Gasteiger partial charge in [-0.25, -0.2) is 4.79 Å². The quantitative estimate of drug-likeness (QED) is 0.855. The Balaban J connectivity index is 2.09. The number of hydrogen-bond donors (Lipinski definition) is 1. The highest BCUT2D eigenvalue weighted by Crippen LogP contribution is 2.22. The molecule has 1 aliphatic rings. The largest absolute Gasteiger partial charge is 0.444 e. The number of anilines is 1. The lowest BCUT2D eigenvalue weighted by Gasteiger charge is -2.30. The van der Waals surface area contributed by atoms with Crippen LogP contribution in [0.5, 0.6) is 0 Å². The highest BCUT2D eigenvalue weighted by Gasteiger charge is 2.24. The zero-order valence-electron chi connectivity index (χ0n) is 12.2. The SMILES string of the molecule is CC(C)(C)OC(=O)N1CCC=C(c2cc(N)ccn2)C1. The number of nitrogen functional groups attached to an aromatic ring is 1. The van der Waals surface area contributed by atoms with Crippen LogP contribution in [0.15, 0.2) is 24.4 Å². The van der Waals surface area contributed by atoms with Crippen LogP contribution < -0.4 is 5.73 Å². The number of nitrogens with two attached hydrogens (primary N) is 1. The Morgan fingerprint density at radius 1 is 1.45 bits per heavy atom. The average molecular weight is 275 g/mol. The number of rotatable bonds is 1. The van der Waals surface area contributed by atoms with Crippen LogP contribution in [-0.2, 0) is 4.74 Å². The molecule has 5 nitrogen and oxygen atoms in total. The Labute approximate surface area is 119 Å². The minimum absolute atomic E-state index is 0.285. The third kappa shape index (κ3) is 3.73. The van der Waals surface area contributed by atoms with Gasteiger partial charge in [0.2, 0.25) is 0 Å². The topological polar surface area (TPSA) is 68.5 Å². The van der Waals surface area contributed by atoms with Crippen molar-refractivity contribution in [3.05, 3.63) is 30.1 Å². The van der Waals surface area contributed by atoms with Crippen LogP contribution in [0.1, 0.15) is 32.9 Å². The molecule has 0 spiro atoms. The Hall–Kier alpha value is -2.04. The van der Waals surface area contributed by atoms with Crippen LogP contribution in [0.2, 0.25) is 0 Å². The predicted octanol–water partition coefficient (Wildman–Crippen LogP) is 2.69. The van der Waals surface area contributed by atoms with Crippen molar-refractivity contribution in [2.75, 3.05) is 18.8 Å². The van der Waals surface area contributed by atoms with Crippen molar-refractivity contribution in [2.45, 2.75) is 32.8 Å². The number of carbonyl (C=O) groups excluding carboxylic acids is 1. The molecule has 2 heterocycles. The van der Waals surface area contributed by atoms with Gasteiger partial charge in [-0.1, -0.05) is 6.08 Å². The molecule has 1 aromatic rings. The van der Waals surface area contributed by atoms with E-state index in [-0.39, 0.29) is 6.09 Å². The number of carbonyl (C=O) groups is 1. The first-order valence-electron chi connectivity index (χ1n) is 6.74. The molecular formula is C15H21N3O2. The summed E-state index contributed by atoms with van der Waals surface area (Å²) < 4.78 is 5.40. The molecule has 2 N–H and O–H groups in total. The summed E-state index contributed by atoms with van der Waals surface area (Å²) in [5.41, 5.74) is 7.79. The summed E-state index contributed by atoms with van der Waals surface area (Å²) in [5.74, 6) is 0. The van der Waals surface area contributed by atoms with E-state index in [1.165, 1.54) is 0 Å². The zero-order valence-corrected chi connectivity index (χ0v) is 12.2. The molecule has 0 saturated carbocycles. The number of nitrogens with zero attached hydrogens (tertiary/aromatic N) is 2. The number of ether oxygens (including phenoxy) is 1. The van der Waals surface area contributed by atoms with Crippen molar-refractivity contribution in [1.82, 2.24) is 9.88 Å². The van der Waals surface area contributed by atoms with E-state index >= 15 is 0 Å². The molecular weight excluding hydrogens is 254 g/mol. The van der Waals surface area contributed by atoms with Gasteiger partial charge in [-0.2, -0.15) is 0 Å². The number of aromatic nitrogens is 1. The van der Waals surface area contributed by atoms with Crippen LogP contribution in [0.4, 0.5) is 10.5 Å². The van der Waals surface area contributed by atoms with E-state index in [2.05, 4.69) is 11.1 Å². The summed E-state index contributed by atoms with van der Waals surface area (Å²) in [7, 11) is 0. The summed E-state index contributed by atoms with van der Waals surface area (Å²) >= 11 is 0. The van der Waals surface area contributed by atoms with Gasteiger partial charge in [0.15, 0.2) is 0 Å². The lowest BCUT2D eigenvalue weighted by molar-refractivity contribution is 0.0273. The Morgan fingerprint density at radius 3 is 2.85 bits per heavy atom. The second-order valence-electron chi connectivity index (χ2n) is 5.89. The molecule has 0 aromatic carbocycles. The van der Waals surface area contributed by atoms with Gasteiger partial charge in [-0.3, -0.25) is 4.98 Å². The van der Waals surface area contributed by atoms with Crippen LogP contribution in [0, 0.1) is 0 Å². The maximum Gasteiger partial charge on any atom is 0.410 e. The van der Waals surface area contributed by atoms with Crippen LogP contribution >= 0.6 is 0 Å². The third-order valence-corrected chi connectivity index (χ3v) is 2.92. The average Bonchev–Trinajstić information content (AvgIpc) is 2.37. The second kappa shape index (κ2) is 5.53. The van der Waals surface area contributed by atoms with E-state index in [9.17, 15) is 4.79 Å². The molecule has 0 fully saturated rings. The van der Waals surface area contributed by atoms with Gasteiger partial charge in [-0.05, 0) is 44.9 Å². The fraction of sp³-hybridized carbons (Fsp3) is 0.467.